The van der Waals surface area contributed by atoms with Crippen molar-refractivity contribution in [1.82, 2.24) is 4.90 Å². The van der Waals surface area contributed by atoms with Crippen LogP contribution in [0.2, 0.25) is 5.02 Å². The molecule has 4 nitrogen and oxygen atoms in total. The highest BCUT2D eigenvalue weighted by atomic mass is 35.5. The van der Waals surface area contributed by atoms with Crippen molar-refractivity contribution in [2.24, 2.45) is 4.99 Å². The molecule has 1 aliphatic rings. The van der Waals surface area contributed by atoms with Gasteiger partial charge in [0.2, 0.25) is 0 Å². The van der Waals surface area contributed by atoms with Gasteiger partial charge in [-0.1, -0.05) is 23.7 Å². The number of hydrogen-bond acceptors (Lipinski definition) is 4. The molecular weight excluding hydrogens is 422 g/mol. The minimum Gasteiger partial charge on any atom is -0.290 e. The highest BCUT2D eigenvalue weighted by molar-refractivity contribution is 8.18. The Morgan fingerprint density at radius 3 is 2.52 bits per heavy atom. The van der Waals surface area contributed by atoms with E-state index in [9.17, 15) is 4.79 Å². The zero-order chi connectivity index (χ0) is 20.4. The molecule has 0 aliphatic carbocycles. The Labute approximate surface area is 182 Å². The monoisotopic (exact) mass is 436 g/mol. The lowest BCUT2D eigenvalue weighted by atomic mass is 10.1. The average molecular weight is 437 g/mol. The van der Waals surface area contributed by atoms with Gasteiger partial charge in [0.25, 0.3) is 12.5 Å². The van der Waals surface area contributed by atoms with Crippen LogP contribution in [0.1, 0.15) is 4.88 Å². The molecule has 1 amide bonds. The van der Waals surface area contributed by atoms with Gasteiger partial charge in [0, 0.05) is 29.1 Å². The number of rotatable bonds is 3. The van der Waals surface area contributed by atoms with Crippen LogP contribution in [-0.4, -0.2) is 23.0 Å². The lowest BCUT2D eigenvalue weighted by molar-refractivity contribution is -0.121. The third-order valence-electron chi connectivity index (χ3n) is 4.30. The van der Waals surface area contributed by atoms with E-state index in [1.165, 1.54) is 11.8 Å². The van der Waals surface area contributed by atoms with E-state index in [1.54, 1.807) is 35.4 Å². The Bertz CT molecular complexity index is 1170. The fraction of sp³-hybridized carbons (Fsp3) is 0.0455. The van der Waals surface area contributed by atoms with Crippen molar-refractivity contribution in [3.05, 3.63) is 79.6 Å². The van der Waals surface area contributed by atoms with Crippen LogP contribution in [0.3, 0.4) is 0 Å². The second-order valence-electron chi connectivity index (χ2n) is 6.26. The van der Waals surface area contributed by atoms with Crippen LogP contribution in [0, 0.1) is 6.57 Å². The maximum atomic E-state index is 12.6. The number of thioether (sulfide) groups is 1. The predicted molar refractivity (Wildman–Crippen MR) is 125 cm³/mol. The van der Waals surface area contributed by atoms with Crippen molar-refractivity contribution in [3.63, 3.8) is 0 Å². The quantitative estimate of drug-likeness (QED) is 0.419. The number of halogens is 1. The molecule has 0 saturated carbocycles. The van der Waals surface area contributed by atoms with Crippen molar-refractivity contribution in [2.45, 2.75) is 0 Å². The molecule has 4 rings (SSSR count). The first-order chi connectivity index (χ1) is 14.0. The summed E-state index contributed by atoms with van der Waals surface area (Å²) >= 11 is 8.92. The molecule has 3 aromatic rings. The second kappa shape index (κ2) is 8.26. The molecule has 0 unspecified atom stereocenters. The molecule has 0 atom stereocenters. The number of benzene rings is 2. The van der Waals surface area contributed by atoms with Crippen LogP contribution in [-0.2, 0) is 4.79 Å². The number of hydrogen-bond donors (Lipinski definition) is 0. The van der Waals surface area contributed by atoms with E-state index in [1.807, 2.05) is 42.5 Å². The van der Waals surface area contributed by atoms with Gasteiger partial charge in [0.15, 0.2) is 5.17 Å². The predicted octanol–water partition coefficient (Wildman–Crippen LogP) is 6.90. The first kappa shape index (κ1) is 19.5. The van der Waals surface area contributed by atoms with Crippen LogP contribution in [0.5, 0.6) is 0 Å². The van der Waals surface area contributed by atoms with Gasteiger partial charge in [-0.3, -0.25) is 9.69 Å². The smallest absolute Gasteiger partial charge is 0.290 e. The number of thiophene rings is 1. The minimum atomic E-state index is -0.0660. The Kier molecular flexibility index (Phi) is 5.54. The van der Waals surface area contributed by atoms with Gasteiger partial charge in [0.05, 0.1) is 10.6 Å². The molecular formula is C22H15ClN3OS2+. The van der Waals surface area contributed by atoms with E-state index in [0.717, 1.165) is 21.7 Å². The van der Waals surface area contributed by atoms with Crippen molar-refractivity contribution in [2.75, 3.05) is 7.05 Å². The molecule has 0 radical (unpaired) electrons. The number of carbonyl (C=O) groups excluding carboxylic acids is 1. The SMILES string of the molecule is C#[N+]c1ccc(N=C2SC(=Cc3cc(-c4ccc(Cl)cc4)cs3)C(=O)N2C)cc1. The van der Waals surface area contributed by atoms with Gasteiger partial charge in [-0.15, -0.1) is 11.3 Å². The Morgan fingerprint density at radius 2 is 1.83 bits per heavy atom. The number of carbonyl (C=O) groups is 1. The normalized spacial score (nSPS) is 16.6. The number of likely N-dealkylation sites (N-methyl/N-ethyl adjacent to an activating group) is 1. The summed E-state index contributed by atoms with van der Waals surface area (Å²) in [4.78, 5) is 24.0. The zero-order valence-electron chi connectivity index (χ0n) is 15.4. The molecule has 2 heterocycles. The average Bonchev–Trinajstić information content (AvgIpc) is 3.30. The number of aliphatic imine (C=N–C) groups is 1. The third kappa shape index (κ3) is 4.28. The van der Waals surface area contributed by atoms with Crippen LogP contribution in [0.25, 0.3) is 22.0 Å². The van der Waals surface area contributed by atoms with Crippen molar-refractivity contribution in [1.29, 1.82) is 0 Å². The number of amides is 1. The van der Waals surface area contributed by atoms with E-state index < -0.39 is 0 Å². The summed E-state index contributed by atoms with van der Waals surface area (Å²) in [6.07, 6.45) is 1.91. The molecule has 1 aliphatic heterocycles. The lowest BCUT2D eigenvalue weighted by Crippen LogP contribution is -2.23. The van der Waals surface area contributed by atoms with E-state index in [2.05, 4.69) is 21.3 Å². The van der Waals surface area contributed by atoms with Gasteiger partial charge < -0.3 is 0 Å². The van der Waals surface area contributed by atoms with Crippen LogP contribution in [0.4, 0.5) is 11.4 Å². The van der Waals surface area contributed by atoms with Gasteiger partial charge in [-0.05, 0) is 69.5 Å². The molecule has 1 saturated heterocycles. The zero-order valence-corrected chi connectivity index (χ0v) is 17.8. The molecule has 0 spiro atoms. The van der Waals surface area contributed by atoms with Gasteiger partial charge >= 0.3 is 5.69 Å². The summed E-state index contributed by atoms with van der Waals surface area (Å²) in [5.74, 6) is -0.0660. The Hall–Kier alpha value is -2.85. The summed E-state index contributed by atoms with van der Waals surface area (Å²) in [5, 5.41) is 3.41. The highest BCUT2D eigenvalue weighted by Gasteiger charge is 2.30. The van der Waals surface area contributed by atoms with Crippen LogP contribution >= 0.6 is 34.7 Å². The lowest BCUT2D eigenvalue weighted by Gasteiger charge is -2.06. The van der Waals surface area contributed by atoms with Crippen molar-refractivity contribution < 1.29 is 4.79 Å². The highest BCUT2D eigenvalue weighted by Crippen LogP contribution is 2.35. The molecule has 142 valence electrons. The number of nitrogens with zero attached hydrogens (tertiary/aromatic N) is 3. The van der Waals surface area contributed by atoms with Crippen molar-refractivity contribution >= 4 is 63.2 Å². The maximum absolute atomic E-state index is 12.6. The van der Waals surface area contributed by atoms with E-state index >= 15 is 0 Å². The first-order valence-corrected chi connectivity index (χ1v) is 10.7. The minimum absolute atomic E-state index is 0.0660. The third-order valence-corrected chi connectivity index (χ3v) is 6.49. The molecule has 29 heavy (non-hydrogen) atoms. The summed E-state index contributed by atoms with van der Waals surface area (Å²) in [6, 6.07) is 17.0. The summed E-state index contributed by atoms with van der Waals surface area (Å²) in [7, 11) is 1.73. The summed E-state index contributed by atoms with van der Waals surface area (Å²) in [6.45, 7) is 5.26. The molecule has 1 aromatic heterocycles. The summed E-state index contributed by atoms with van der Waals surface area (Å²) < 4.78 is 0. The fourth-order valence-electron chi connectivity index (χ4n) is 2.73. The van der Waals surface area contributed by atoms with E-state index in [0.29, 0.717) is 20.8 Å². The largest absolute Gasteiger partial charge is 0.340 e. The first-order valence-electron chi connectivity index (χ1n) is 8.65. The molecule has 7 heteroatoms. The van der Waals surface area contributed by atoms with E-state index in [4.69, 9.17) is 18.2 Å². The fourth-order valence-corrected chi connectivity index (χ4v) is 4.75. The molecule has 0 N–H and O–H groups in total. The van der Waals surface area contributed by atoms with Crippen LogP contribution < -0.4 is 0 Å². The molecule has 1 fully saturated rings. The summed E-state index contributed by atoms with van der Waals surface area (Å²) in [5.41, 5.74) is 3.60. The molecule has 0 bridgehead atoms. The standard InChI is InChI=1S/C22H15ClN3OS2/c1-24-17-7-9-18(10-8-17)25-22-26(2)21(27)20(29-22)12-19-11-15(13-28-19)14-3-5-16(23)6-4-14/h1,3-13H,2H3/q+1. The molecule has 2 aromatic carbocycles. The number of amidine groups is 1. The van der Waals surface area contributed by atoms with Crippen LogP contribution in [0.15, 0.2) is 69.9 Å². The topological polar surface area (TPSA) is 37.0 Å². The maximum Gasteiger partial charge on any atom is 0.340 e. The Morgan fingerprint density at radius 1 is 1.10 bits per heavy atom. The van der Waals surface area contributed by atoms with Crippen molar-refractivity contribution in [3.8, 4) is 17.7 Å². The second-order valence-corrected chi connectivity index (χ2v) is 8.65. The van der Waals surface area contributed by atoms with Gasteiger partial charge in [0.1, 0.15) is 0 Å². The van der Waals surface area contributed by atoms with E-state index in [-0.39, 0.29) is 5.91 Å². The Balaban J connectivity index is 1.57. The van der Waals surface area contributed by atoms with Gasteiger partial charge in [-0.2, -0.15) is 0 Å². The van der Waals surface area contributed by atoms with Gasteiger partial charge in [-0.25, -0.2) is 4.99 Å².